The predicted octanol–water partition coefficient (Wildman–Crippen LogP) is 2.99. The lowest BCUT2D eigenvalue weighted by Gasteiger charge is -2.18. The first-order chi connectivity index (χ1) is 8.72. The molecule has 0 saturated heterocycles. The van der Waals surface area contributed by atoms with Crippen LogP contribution in [0.2, 0.25) is 0 Å². The zero-order valence-corrected chi connectivity index (χ0v) is 10.1. The van der Waals surface area contributed by atoms with Crippen molar-refractivity contribution < 1.29 is 9.53 Å². The summed E-state index contributed by atoms with van der Waals surface area (Å²) in [5, 5.41) is 2.79. The minimum absolute atomic E-state index is 0.0876. The highest BCUT2D eigenvalue weighted by Gasteiger charge is 2.16. The maximum Gasteiger partial charge on any atom is 0.262 e. The number of anilines is 1. The maximum absolute atomic E-state index is 11.2. The lowest BCUT2D eigenvalue weighted by Crippen LogP contribution is -2.25. The number of hydrogen-bond acceptors (Lipinski definition) is 2. The van der Waals surface area contributed by atoms with Crippen LogP contribution in [0.1, 0.15) is 5.56 Å². The Bertz CT molecular complexity index is 620. The molecule has 3 heteroatoms. The highest BCUT2D eigenvalue weighted by molar-refractivity contribution is 5.95. The fourth-order valence-electron chi connectivity index (χ4n) is 2.08. The summed E-state index contributed by atoms with van der Waals surface area (Å²) >= 11 is 0. The van der Waals surface area contributed by atoms with Gasteiger partial charge in [-0.05, 0) is 30.2 Å². The van der Waals surface area contributed by atoms with Crippen molar-refractivity contribution in [1.82, 2.24) is 0 Å². The van der Waals surface area contributed by atoms with E-state index < -0.39 is 0 Å². The molecule has 0 aliphatic carbocycles. The lowest BCUT2D eigenvalue weighted by atomic mass is 10.0. The number of nitrogens with one attached hydrogen (secondary N) is 1. The molecule has 0 atom stereocenters. The van der Waals surface area contributed by atoms with Crippen molar-refractivity contribution in [2.24, 2.45) is 0 Å². The van der Waals surface area contributed by atoms with Gasteiger partial charge in [-0.3, -0.25) is 4.79 Å². The Morgan fingerprint density at radius 3 is 2.78 bits per heavy atom. The molecule has 2 aromatic rings. The molecule has 0 fully saturated rings. The summed E-state index contributed by atoms with van der Waals surface area (Å²) in [5.41, 5.74) is 4.20. The van der Waals surface area contributed by atoms with Crippen LogP contribution in [0.15, 0.2) is 42.5 Å². The van der Waals surface area contributed by atoms with Gasteiger partial charge in [0, 0.05) is 0 Å². The van der Waals surface area contributed by atoms with Gasteiger partial charge in [0.1, 0.15) is 5.75 Å². The van der Waals surface area contributed by atoms with Gasteiger partial charge in [0.2, 0.25) is 0 Å². The normalized spacial score (nSPS) is 13.5. The van der Waals surface area contributed by atoms with E-state index in [1.165, 1.54) is 5.56 Å². The Balaban J connectivity index is 2.02. The number of carbonyl (C=O) groups is 1. The lowest BCUT2D eigenvalue weighted by molar-refractivity contribution is -0.118. The molecule has 1 N–H and O–H groups in total. The van der Waals surface area contributed by atoms with Crippen LogP contribution < -0.4 is 10.1 Å². The number of hydrogen-bond donors (Lipinski definition) is 1. The SMILES string of the molecule is Cc1cccc(-c2ccc3c(c2)OCC(=O)N3)c1. The second-order valence-electron chi connectivity index (χ2n) is 4.42. The molecule has 90 valence electrons. The Kier molecular flexibility index (Phi) is 2.52. The van der Waals surface area contributed by atoms with Crippen molar-refractivity contribution in [3.63, 3.8) is 0 Å². The molecule has 0 saturated carbocycles. The van der Waals surface area contributed by atoms with Gasteiger partial charge in [-0.25, -0.2) is 0 Å². The van der Waals surface area contributed by atoms with Gasteiger partial charge >= 0.3 is 0 Å². The van der Waals surface area contributed by atoms with E-state index in [0.717, 1.165) is 22.6 Å². The Hall–Kier alpha value is -2.29. The summed E-state index contributed by atoms with van der Waals surface area (Å²) in [5.74, 6) is 0.624. The molecule has 1 amide bonds. The molecule has 3 rings (SSSR count). The number of ether oxygens (including phenoxy) is 1. The molecule has 1 aliphatic rings. The summed E-state index contributed by atoms with van der Waals surface area (Å²) in [7, 11) is 0. The van der Waals surface area contributed by atoms with Crippen LogP contribution in [0.3, 0.4) is 0 Å². The van der Waals surface area contributed by atoms with E-state index in [0.29, 0.717) is 0 Å². The van der Waals surface area contributed by atoms with E-state index in [4.69, 9.17) is 4.74 Å². The van der Waals surface area contributed by atoms with Crippen LogP contribution in [-0.4, -0.2) is 12.5 Å². The first-order valence-corrected chi connectivity index (χ1v) is 5.86. The zero-order valence-electron chi connectivity index (χ0n) is 10.1. The topological polar surface area (TPSA) is 38.3 Å². The maximum atomic E-state index is 11.2. The standard InChI is InChI=1S/C15H13NO2/c1-10-3-2-4-11(7-10)12-5-6-13-14(8-12)18-9-15(17)16-13/h2-8H,9H2,1H3,(H,16,17). The number of benzene rings is 2. The minimum atomic E-state index is -0.106. The summed E-state index contributed by atoms with van der Waals surface area (Å²) < 4.78 is 5.42. The van der Waals surface area contributed by atoms with Gasteiger partial charge in [0.05, 0.1) is 5.69 Å². The minimum Gasteiger partial charge on any atom is -0.482 e. The second-order valence-corrected chi connectivity index (χ2v) is 4.42. The summed E-state index contributed by atoms with van der Waals surface area (Å²) in [4.78, 5) is 11.2. The van der Waals surface area contributed by atoms with Crippen molar-refractivity contribution in [2.45, 2.75) is 6.92 Å². The largest absolute Gasteiger partial charge is 0.482 e. The molecule has 1 heterocycles. The Morgan fingerprint density at radius 2 is 1.94 bits per heavy atom. The number of carbonyl (C=O) groups excluding carboxylic acids is 1. The van der Waals surface area contributed by atoms with E-state index in [-0.39, 0.29) is 12.5 Å². The third-order valence-electron chi connectivity index (χ3n) is 2.97. The van der Waals surface area contributed by atoms with Crippen molar-refractivity contribution in [2.75, 3.05) is 11.9 Å². The van der Waals surface area contributed by atoms with Gasteiger partial charge in [0.25, 0.3) is 5.91 Å². The quantitative estimate of drug-likeness (QED) is 0.830. The first-order valence-electron chi connectivity index (χ1n) is 5.86. The van der Waals surface area contributed by atoms with Crippen LogP contribution in [-0.2, 0) is 4.79 Å². The number of rotatable bonds is 1. The van der Waals surface area contributed by atoms with Crippen molar-refractivity contribution >= 4 is 11.6 Å². The van der Waals surface area contributed by atoms with E-state index in [9.17, 15) is 4.79 Å². The molecule has 0 bridgehead atoms. The highest BCUT2D eigenvalue weighted by Crippen LogP contribution is 2.32. The van der Waals surface area contributed by atoms with E-state index in [1.54, 1.807) is 0 Å². The molecule has 18 heavy (non-hydrogen) atoms. The van der Waals surface area contributed by atoms with Crippen molar-refractivity contribution in [3.05, 3.63) is 48.0 Å². The van der Waals surface area contributed by atoms with Gasteiger partial charge in [-0.1, -0.05) is 35.9 Å². The predicted molar refractivity (Wildman–Crippen MR) is 70.7 cm³/mol. The first kappa shape index (κ1) is 10.8. The molecule has 0 radical (unpaired) electrons. The summed E-state index contributed by atoms with van der Waals surface area (Å²) in [6.45, 7) is 2.16. The summed E-state index contributed by atoms with van der Waals surface area (Å²) in [6.07, 6.45) is 0. The number of fused-ring (bicyclic) bond motifs is 1. The summed E-state index contributed by atoms with van der Waals surface area (Å²) in [6, 6.07) is 14.1. The molecule has 1 aliphatic heterocycles. The average Bonchev–Trinajstić information content (AvgIpc) is 2.38. The van der Waals surface area contributed by atoms with Gasteiger partial charge in [-0.15, -0.1) is 0 Å². The van der Waals surface area contributed by atoms with Crippen LogP contribution in [0.5, 0.6) is 5.75 Å². The number of aryl methyl sites for hydroxylation is 1. The fourth-order valence-corrected chi connectivity index (χ4v) is 2.08. The molecule has 0 unspecified atom stereocenters. The highest BCUT2D eigenvalue weighted by atomic mass is 16.5. The van der Waals surface area contributed by atoms with Gasteiger partial charge in [0.15, 0.2) is 6.61 Å². The molecule has 0 spiro atoms. The number of amides is 1. The van der Waals surface area contributed by atoms with Crippen molar-refractivity contribution in [3.8, 4) is 16.9 Å². The zero-order chi connectivity index (χ0) is 12.5. The second kappa shape index (κ2) is 4.18. The van der Waals surface area contributed by atoms with Gasteiger partial charge in [-0.2, -0.15) is 0 Å². The van der Waals surface area contributed by atoms with Crippen LogP contribution in [0.4, 0.5) is 5.69 Å². The van der Waals surface area contributed by atoms with Crippen LogP contribution in [0.25, 0.3) is 11.1 Å². The molecular weight excluding hydrogens is 226 g/mol. The van der Waals surface area contributed by atoms with Gasteiger partial charge < -0.3 is 10.1 Å². The molecular formula is C15H13NO2. The molecule has 2 aromatic carbocycles. The van der Waals surface area contributed by atoms with E-state index in [2.05, 4.69) is 30.4 Å². The molecule has 0 aromatic heterocycles. The van der Waals surface area contributed by atoms with E-state index in [1.807, 2.05) is 24.3 Å². The fraction of sp³-hybridized carbons (Fsp3) is 0.133. The Labute approximate surface area is 105 Å². The monoisotopic (exact) mass is 239 g/mol. The van der Waals surface area contributed by atoms with Crippen molar-refractivity contribution in [1.29, 1.82) is 0 Å². The average molecular weight is 239 g/mol. The van der Waals surface area contributed by atoms with Crippen LogP contribution in [0, 0.1) is 6.92 Å². The smallest absolute Gasteiger partial charge is 0.262 e. The third kappa shape index (κ3) is 1.95. The Morgan fingerprint density at radius 1 is 1.11 bits per heavy atom. The van der Waals surface area contributed by atoms with Crippen LogP contribution >= 0.6 is 0 Å². The van der Waals surface area contributed by atoms with E-state index >= 15 is 0 Å². The third-order valence-corrected chi connectivity index (χ3v) is 2.97. The molecule has 3 nitrogen and oxygen atoms in total.